The number of ketones is 1. The molecule has 1 aliphatic heterocycles. The molecule has 2 nitrogen and oxygen atoms in total. The lowest BCUT2D eigenvalue weighted by atomic mass is 9.90. The Balaban J connectivity index is 2.00. The van der Waals surface area contributed by atoms with Crippen LogP contribution in [0.25, 0.3) is 0 Å². The van der Waals surface area contributed by atoms with Gasteiger partial charge in [-0.3, -0.25) is 4.79 Å². The maximum atomic E-state index is 11.7. The normalized spacial score (nSPS) is 20.9. The smallest absolute Gasteiger partial charge is 0.138 e. The molecule has 1 aromatic rings. The lowest BCUT2D eigenvalue weighted by Crippen LogP contribution is -2.37. The minimum atomic E-state index is 0.175. The summed E-state index contributed by atoms with van der Waals surface area (Å²) in [6, 6.07) is 8.69. The van der Waals surface area contributed by atoms with Gasteiger partial charge in [-0.05, 0) is 23.5 Å². The Hall–Kier alpha value is -1.15. The van der Waals surface area contributed by atoms with Crippen LogP contribution < -0.4 is 5.32 Å². The highest BCUT2D eigenvalue weighted by Crippen LogP contribution is 2.18. The van der Waals surface area contributed by atoms with Crippen molar-refractivity contribution < 1.29 is 4.79 Å². The Morgan fingerprint density at radius 3 is 2.59 bits per heavy atom. The molecule has 1 aliphatic rings. The summed E-state index contributed by atoms with van der Waals surface area (Å²) in [5.74, 6) is 1.16. The number of hydrogen-bond acceptors (Lipinski definition) is 2. The number of hydrogen-bond donors (Lipinski definition) is 1. The second-order valence-corrected chi connectivity index (χ2v) is 5.22. The third-order valence-electron chi connectivity index (χ3n) is 3.52. The van der Waals surface area contributed by atoms with Gasteiger partial charge in [0, 0.05) is 25.4 Å². The fourth-order valence-corrected chi connectivity index (χ4v) is 2.31. The van der Waals surface area contributed by atoms with E-state index in [-0.39, 0.29) is 5.92 Å². The zero-order valence-corrected chi connectivity index (χ0v) is 10.7. The van der Waals surface area contributed by atoms with E-state index in [1.807, 2.05) is 0 Å². The van der Waals surface area contributed by atoms with E-state index in [0.717, 1.165) is 19.5 Å². The quantitative estimate of drug-likeness (QED) is 0.866. The fourth-order valence-electron chi connectivity index (χ4n) is 2.31. The number of benzene rings is 1. The third kappa shape index (κ3) is 3.16. The van der Waals surface area contributed by atoms with Gasteiger partial charge in [-0.15, -0.1) is 0 Å². The van der Waals surface area contributed by atoms with Crippen molar-refractivity contribution in [2.24, 2.45) is 5.92 Å². The highest BCUT2D eigenvalue weighted by Gasteiger charge is 2.21. The van der Waals surface area contributed by atoms with Gasteiger partial charge in [0.05, 0.1) is 0 Å². The van der Waals surface area contributed by atoms with Crippen molar-refractivity contribution in [1.82, 2.24) is 5.32 Å². The third-order valence-corrected chi connectivity index (χ3v) is 3.52. The van der Waals surface area contributed by atoms with Crippen LogP contribution in [0.2, 0.25) is 0 Å². The molecule has 0 aromatic heterocycles. The van der Waals surface area contributed by atoms with E-state index in [0.29, 0.717) is 18.1 Å². The number of carbonyl (C=O) groups excluding carboxylic acids is 1. The molecule has 0 radical (unpaired) electrons. The number of piperidine rings is 1. The largest absolute Gasteiger partial charge is 0.316 e. The van der Waals surface area contributed by atoms with Crippen molar-refractivity contribution >= 4 is 5.78 Å². The predicted octanol–water partition coefficient (Wildman–Crippen LogP) is 2.53. The van der Waals surface area contributed by atoms with E-state index in [4.69, 9.17) is 0 Å². The molecule has 0 amide bonds. The minimum absolute atomic E-state index is 0.175. The molecular weight excluding hydrogens is 210 g/mol. The Morgan fingerprint density at radius 1 is 1.29 bits per heavy atom. The first-order valence-electron chi connectivity index (χ1n) is 6.49. The van der Waals surface area contributed by atoms with E-state index in [9.17, 15) is 4.79 Å². The fraction of sp³-hybridized carbons (Fsp3) is 0.533. The Morgan fingerprint density at radius 2 is 2.00 bits per heavy atom. The van der Waals surface area contributed by atoms with Crippen LogP contribution in [0.3, 0.4) is 0 Å². The summed E-state index contributed by atoms with van der Waals surface area (Å²) >= 11 is 0. The molecule has 1 saturated heterocycles. The SMILES string of the molecule is CC(C)c1ccc(CC2CNCCC2=O)cc1. The molecular formula is C15H21NO. The van der Waals surface area contributed by atoms with E-state index < -0.39 is 0 Å². The molecule has 0 spiro atoms. The van der Waals surface area contributed by atoms with Crippen molar-refractivity contribution in [3.05, 3.63) is 35.4 Å². The second-order valence-electron chi connectivity index (χ2n) is 5.22. The van der Waals surface area contributed by atoms with Gasteiger partial charge in [-0.2, -0.15) is 0 Å². The van der Waals surface area contributed by atoms with Gasteiger partial charge in [0.2, 0.25) is 0 Å². The zero-order valence-electron chi connectivity index (χ0n) is 10.7. The first kappa shape index (κ1) is 12.3. The number of rotatable bonds is 3. The average molecular weight is 231 g/mol. The standard InChI is InChI=1S/C15H21NO/c1-11(2)13-5-3-12(4-6-13)9-14-10-16-8-7-15(14)17/h3-6,11,14,16H,7-10H2,1-2H3. The molecule has 0 bridgehead atoms. The number of nitrogens with one attached hydrogen (secondary N) is 1. The summed E-state index contributed by atoms with van der Waals surface area (Å²) < 4.78 is 0. The van der Waals surface area contributed by atoms with Crippen LogP contribution in [0.1, 0.15) is 37.3 Å². The molecule has 2 heteroatoms. The van der Waals surface area contributed by atoms with Crippen molar-refractivity contribution in [2.45, 2.75) is 32.6 Å². The summed E-state index contributed by atoms with van der Waals surface area (Å²) in [4.78, 5) is 11.7. The van der Waals surface area contributed by atoms with Crippen molar-refractivity contribution in [3.63, 3.8) is 0 Å². The summed E-state index contributed by atoms with van der Waals surface area (Å²) in [6.07, 6.45) is 1.57. The molecule has 2 rings (SSSR count). The monoisotopic (exact) mass is 231 g/mol. The molecule has 1 N–H and O–H groups in total. The van der Waals surface area contributed by atoms with Gasteiger partial charge in [0.1, 0.15) is 5.78 Å². The molecule has 17 heavy (non-hydrogen) atoms. The molecule has 1 aromatic carbocycles. The van der Waals surface area contributed by atoms with Gasteiger partial charge in [-0.1, -0.05) is 38.1 Å². The summed E-state index contributed by atoms with van der Waals surface area (Å²) in [6.45, 7) is 6.08. The lowest BCUT2D eigenvalue weighted by Gasteiger charge is -2.21. The maximum absolute atomic E-state index is 11.7. The van der Waals surface area contributed by atoms with E-state index >= 15 is 0 Å². The van der Waals surface area contributed by atoms with Crippen LogP contribution in [0.15, 0.2) is 24.3 Å². The maximum Gasteiger partial charge on any atom is 0.138 e. The first-order chi connectivity index (χ1) is 8.16. The Bertz CT molecular complexity index is 380. The van der Waals surface area contributed by atoms with Crippen LogP contribution in [-0.2, 0) is 11.2 Å². The van der Waals surface area contributed by atoms with Gasteiger partial charge in [0.15, 0.2) is 0 Å². The van der Waals surface area contributed by atoms with Crippen LogP contribution in [-0.4, -0.2) is 18.9 Å². The first-order valence-corrected chi connectivity index (χ1v) is 6.49. The van der Waals surface area contributed by atoms with Crippen molar-refractivity contribution in [1.29, 1.82) is 0 Å². The van der Waals surface area contributed by atoms with Crippen LogP contribution in [0, 0.1) is 5.92 Å². The summed E-state index contributed by atoms with van der Waals surface area (Å²) in [7, 11) is 0. The van der Waals surface area contributed by atoms with Gasteiger partial charge in [-0.25, -0.2) is 0 Å². The second kappa shape index (κ2) is 5.46. The van der Waals surface area contributed by atoms with E-state index in [1.165, 1.54) is 11.1 Å². The molecule has 0 aliphatic carbocycles. The van der Waals surface area contributed by atoms with Crippen LogP contribution in [0.5, 0.6) is 0 Å². The highest BCUT2D eigenvalue weighted by atomic mass is 16.1. The number of Topliss-reactive ketones (excluding diaryl/α,β-unsaturated/α-hetero) is 1. The zero-order chi connectivity index (χ0) is 12.3. The lowest BCUT2D eigenvalue weighted by molar-refractivity contribution is -0.123. The molecule has 1 heterocycles. The Labute approximate surface area is 103 Å². The number of carbonyl (C=O) groups is 1. The van der Waals surface area contributed by atoms with E-state index in [1.54, 1.807) is 0 Å². The van der Waals surface area contributed by atoms with Crippen molar-refractivity contribution in [3.8, 4) is 0 Å². The van der Waals surface area contributed by atoms with Crippen LogP contribution in [0.4, 0.5) is 0 Å². The highest BCUT2D eigenvalue weighted by molar-refractivity contribution is 5.82. The topological polar surface area (TPSA) is 29.1 Å². The Kier molecular flexibility index (Phi) is 3.95. The average Bonchev–Trinajstić information content (AvgIpc) is 2.33. The van der Waals surface area contributed by atoms with Crippen LogP contribution >= 0.6 is 0 Å². The minimum Gasteiger partial charge on any atom is -0.316 e. The van der Waals surface area contributed by atoms with Gasteiger partial charge >= 0.3 is 0 Å². The van der Waals surface area contributed by atoms with Gasteiger partial charge < -0.3 is 5.32 Å². The molecule has 0 saturated carbocycles. The summed E-state index contributed by atoms with van der Waals surface area (Å²) in [5.41, 5.74) is 2.64. The molecule has 92 valence electrons. The molecule has 1 fully saturated rings. The molecule has 1 atom stereocenters. The van der Waals surface area contributed by atoms with Gasteiger partial charge in [0.25, 0.3) is 0 Å². The predicted molar refractivity (Wildman–Crippen MR) is 70.2 cm³/mol. The van der Waals surface area contributed by atoms with Crippen molar-refractivity contribution in [2.75, 3.05) is 13.1 Å². The molecule has 1 unspecified atom stereocenters. The van der Waals surface area contributed by atoms with E-state index in [2.05, 4.69) is 43.4 Å². The summed E-state index contributed by atoms with van der Waals surface area (Å²) in [5, 5.41) is 3.29.